The van der Waals surface area contributed by atoms with Crippen LogP contribution in [0.5, 0.6) is 0 Å². The quantitative estimate of drug-likeness (QED) is 0.461. The van der Waals surface area contributed by atoms with E-state index in [1.165, 1.54) is 0 Å². The van der Waals surface area contributed by atoms with Gasteiger partial charge < -0.3 is 15.3 Å². The molecule has 60 valence electrons. The van der Waals surface area contributed by atoms with E-state index in [1.54, 1.807) is 0 Å². The molecular formula is C7H14O3. The molecule has 1 fully saturated rings. The van der Waals surface area contributed by atoms with Gasteiger partial charge in [0.2, 0.25) is 0 Å². The zero-order chi connectivity index (χ0) is 7.72. The first-order valence-corrected chi connectivity index (χ1v) is 3.63. The fourth-order valence-corrected chi connectivity index (χ4v) is 1.55. The summed E-state index contributed by atoms with van der Waals surface area (Å²) in [6, 6.07) is 0. The molecule has 3 N–H and O–H groups in total. The van der Waals surface area contributed by atoms with E-state index in [4.69, 9.17) is 5.11 Å². The summed E-state index contributed by atoms with van der Waals surface area (Å²) >= 11 is 0. The smallest absolute Gasteiger partial charge is 0.0851 e. The predicted molar refractivity (Wildman–Crippen MR) is 36.4 cm³/mol. The molecule has 0 aliphatic heterocycles. The van der Waals surface area contributed by atoms with Crippen molar-refractivity contribution in [2.24, 2.45) is 11.8 Å². The highest BCUT2D eigenvalue weighted by Crippen LogP contribution is 2.30. The lowest BCUT2D eigenvalue weighted by molar-refractivity contribution is -0.00366. The van der Waals surface area contributed by atoms with Gasteiger partial charge in [-0.25, -0.2) is 0 Å². The van der Waals surface area contributed by atoms with Crippen LogP contribution in [0.3, 0.4) is 0 Å². The average molecular weight is 146 g/mol. The van der Waals surface area contributed by atoms with Crippen LogP contribution in [-0.2, 0) is 0 Å². The largest absolute Gasteiger partial charge is 0.396 e. The van der Waals surface area contributed by atoms with E-state index in [-0.39, 0.29) is 18.4 Å². The van der Waals surface area contributed by atoms with Gasteiger partial charge in [0.05, 0.1) is 12.2 Å². The van der Waals surface area contributed by atoms with E-state index in [2.05, 4.69) is 0 Å². The van der Waals surface area contributed by atoms with Gasteiger partial charge in [-0.15, -0.1) is 0 Å². The van der Waals surface area contributed by atoms with Gasteiger partial charge in [0.1, 0.15) is 0 Å². The minimum Gasteiger partial charge on any atom is -0.396 e. The summed E-state index contributed by atoms with van der Waals surface area (Å²) in [7, 11) is 0. The van der Waals surface area contributed by atoms with E-state index < -0.39 is 12.2 Å². The molecule has 1 unspecified atom stereocenters. The average Bonchev–Trinajstić information content (AvgIpc) is 2.17. The van der Waals surface area contributed by atoms with Crippen LogP contribution in [0.4, 0.5) is 0 Å². The lowest BCUT2D eigenvalue weighted by atomic mass is 10.1. The van der Waals surface area contributed by atoms with E-state index >= 15 is 0 Å². The third kappa shape index (κ3) is 1.17. The van der Waals surface area contributed by atoms with Crippen LogP contribution in [0, 0.1) is 11.8 Å². The Bertz CT molecular complexity index is 115. The van der Waals surface area contributed by atoms with Crippen molar-refractivity contribution in [2.45, 2.75) is 25.6 Å². The highest BCUT2D eigenvalue weighted by molar-refractivity contribution is 4.88. The van der Waals surface area contributed by atoms with Crippen molar-refractivity contribution in [3.05, 3.63) is 0 Å². The van der Waals surface area contributed by atoms with Crippen molar-refractivity contribution in [3.8, 4) is 0 Å². The fraction of sp³-hybridized carbons (Fsp3) is 1.00. The van der Waals surface area contributed by atoms with E-state index in [9.17, 15) is 10.2 Å². The van der Waals surface area contributed by atoms with Crippen molar-refractivity contribution < 1.29 is 15.3 Å². The molecule has 1 aliphatic carbocycles. The Balaban J connectivity index is 2.53. The Hall–Kier alpha value is -0.120. The van der Waals surface area contributed by atoms with Gasteiger partial charge in [0.15, 0.2) is 0 Å². The van der Waals surface area contributed by atoms with E-state index in [0.717, 1.165) is 6.42 Å². The summed E-state index contributed by atoms with van der Waals surface area (Å²) in [5.74, 6) is -0.00264. The van der Waals surface area contributed by atoms with E-state index in [0.29, 0.717) is 0 Å². The highest BCUT2D eigenvalue weighted by atomic mass is 16.3. The van der Waals surface area contributed by atoms with Crippen molar-refractivity contribution in [1.29, 1.82) is 0 Å². The Labute approximate surface area is 60.3 Å². The Morgan fingerprint density at radius 2 is 1.90 bits per heavy atom. The van der Waals surface area contributed by atoms with Gasteiger partial charge in [-0.1, -0.05) is 6.92 Å². The normalized spacial score (nSPS) is 48.0. The number of aliphatic hydroxyl groups is 3. The summed E-state index contributed by atoms with van der Waals surface area (Å²) in [5, 5.41) is 27.1. The third-order valence-corrected chi connectivity index (χ3v) is 2.32. The molecule has 1 saturated carbocycles. The molecule has 3 nitrogen and oxygen atoms in total. The van der Waals surface area contributed by atoms with Crippen LogP contribution in [-0.4, -0.2) is 34.1 Å². The van der Waals surface area contributed by atoms with E-state index in [1.807, 2.05) is 6.92 Å². The molecular weight excluding hydrogens is 132 g/mol. The van der Waals surface area contributed by atoms with Crippen LogP contribution < -0.4 is 0 Å². The molecule has 0 radical (unpaired) electrons. The second-order valence-electron chi connectivity index (χ2n) is 3.14. The summed E-state index contributed by atoms with van der Waals surface area (Å²) in [5.41, 5.74) is 0. The molecule has 0 amide bonds. The SMILES string of the molecule is C[C@@H]1C[C@H](CO)C(O)[C@H]1O. The molecule has 1 aliphatic rings. The topological polar surface area (TPSA) is 60.7 Å². The van der Waals surface area contributed by atoms with Crippen molar-refractivity contribution in [1.82, 2.24) is 0 Å². The molecule has 0 aromatic rings. The molecule has 10 heavy (non-hydrogen) atoms. The van der Waals surface area contributed by atoms with Gasteiger partial charge in [0.25, 0.3) is 0 Å². The molecule has 0 saturated heterocycles. The van der Waals surface area contributed by atoms with Crippen LogP contribution in [0.25, 0.3) is 0 Å². The predicted octanol–water partition coefficient (Wildman–Crippen LogP) is -0.643. The Morgan fingerprint density at radius 3 is 2.10 bits per heavy atom. The molecule has 1 rings (SSSR count). The summed E-state index contributed by atoms with van der Waals surface area (Å²) in [4.78, 5) is 0. The minimum absolute atomic E-state index is 0.0252. The lowest BCUT2D eigenvalue weighted by Crippen LogP contribution is -2.28. The van der Waals surface area contributed by atoms with Crippen molar-refractivity contribution in [3.63, 3.8) is 0 Å². The van der Waals surface area contributed by atoms with Crippen molar-refractivity contribution in [2.75, 3.05) is 6.61 Å². The Kier molecular flexibility index (Phi) is 2.28. The first-order chi connectivity index (χ1) is 4.66. The summed E-state index contributed by atoms with van der Waals surface area (Å²) in [6.07, 6.45) is -0.643. The third-order valence-electron chi connectivity index (χ3n) is 2.32. The van der Waals surface area contributed by atoms with Crippen LogP contribution in [0.1, 0.15) is 13.3 Å². The van der Waals surface area contributed by atoms with Gasteiger partial charge in [-0.3, -0.25) is 0 Å². The number of aliphatic hydroxyl groups excluding tert-OH is 3. The fourth-order valence-electron chi connectivity index (χ4n) is 1.55. The minimum atomic E-state index is -0.722. The van der Waals surface area contributed by atoms with Gasteiger partial charge >= 0.3 is 0 Å². The van der Waals surface area contributed by atoms with Gasteiger partial charge in [0, 0.05) is 12.5 Å². The number of hydrogen-bond donors (Lipinski definition) is 3. The molecule has 0 aromatic carbocycles. The maximum Gasteiger partial charge on any atom is 0.0851 e. The zero-order valence-electron chi connectivity index (χ0n) is 6.07. The molecule has 0 aromatic heterocycles. The molecule has 3 heteroatoms. The molecule has 0 spiro atoms. The maximum atomic E-state index is 9.22. The lowest BCUT2D eigenvalue weighted by Gasteiger charge is -2.13. The molecule has 0 bridgehead atoms. The monoisotopic (exact) mass is 146 g/mol. The zero-order valence-corrected chi connectivity index (χ0v) is 6.07. The number of hydrogen-bond acceptors (Lipinski definition) is 3. The Morgan fingerprint density at radius 1 is 1.30 bits per heavy atom. The maximum absolute atomic E-state index is 9.22. The van der Waals surface area contributed by atoms with Crippen molar-refractivity contribution >= 4 is 0 Å². The highest BCUT2D eigenvalue weighted by Gasteiger charge is 2.38. The standard InChI is InChI=1S/C7H14O3/c1-4-2-5(3-8)7(10)6(4)9/h4-10H,2-3H2,1H3/t4-,5-,6+,7?/m1/s1. The van der Waals surface area contributed by atoms with Crippen LogP contribution in [0.15, 0.2) is 0 Å². The molecule has 4 atom stereocenters. The van der Waals surface area contributed by atoms with Crippen LogP contribution in [0.2, 0.25) is 0 Å². The molecule has 0 heterocycles. The first-order valence-electron chi connectivity index (χ1n) is 3.63. The summed E-state index contributed by atoms with van der Waals surface area (Å²) in [6.45, 7) is 1.85. The second-order valence-corrected chi connectivity index (χ2v) is 3.14. The second kappa shape index (κ2) is 2.86. The van der Waals surface area contributed by atoms with Gasteiger partial charge in [-0.2, -0.15) is 0 Å². The van der Waals surface area contributed by atoms with Gasteiger partial charge in [-0.05, 0) is 12.3 Å². The first kappa shape index (κ1) is 7.98. The summed E-state index contributed by atoms with van der Waals surface area (Å²) < 4.78 is 0. The van der Waals surface area contributed by atoms with Crippen LogP contribution >= 0.6 is 0 Å². The number of rotatable bonds is 1.